The molecular formula is C12H14N2O. The van der Waals surface area contributed by atoms with Gasteiger partial charge in [-0.1, -0.05) is 6.07 Å². The summed E-state index contributed by atoms with van der Waals surface area (Å²) in [5.41, 5.74) is 3.81. The van der Waals surface area contributed by atoms with Crippen molar-refractivity contribution in [3.8, 4) is 11.4 Å². The predicted molar refractivity (Wildman–Crippen MR) is 59.4 cm³/mol. The number of aryl methyl sites for hydroxylation is 3. The fourth-order valence-electron chi connectivity index (χ4n) is 1.66. The van der Waals surface area contributed by atoms with Gasteiger partial charge in [0.05, 0.1) is 6.20 Å². The lowest BCUT2D eigenvalue weighted by Gasteiger charge is -2.08. The fraction of sp³-hybridized carbons (Fsp3) is 0.250. The van der Waals surface area contributed by atoms with E-state index < -0.39 is 0 Å². The molecule has 0 saturated heterocycles. The van der Waals surface area contributed by atoms with Gasteiger partial charge in [-0.3, -0.25) is 0 Å². The van der Waals surface area contributed by atoms with Crippen molar-refractivity contribution in [3.63, 3.8) is 0 Å². The van der Waals surface area contributed by atoms with Crippen LogP contribution in [0.2, 0.25) is 0 Å². The Morgan fingerprint density at radius 2 is 1.87 bits per heavy atom. The second-order valence-electron chi connectivity index (χ2n) is 3.91. The van der Waals surface area contributed by atoms with Crippen LogP contribution >= 0.6 is 0 Å². The van der Waals surface area contributed by atoms with Crippen LogP contribution in [0.4, 0.5) is 0 Å². The Labute approximate surface area is 89.0 Å². The number of phenolic OH excluding ortho intramolecular Hbond substituents is 1. The van der Waals surface area contributed by atoms with Crippen molar-refractivity contribution in [2.75, 3.05) is 0 Å². The van der Waals surface area contributed by atoms with E-state index in [2.05, 4.69) is 5.10 Å². The number of hydrogen-bond acceptors (Lipinski definition) is 2. The number of rotatable bonds is 1. The third-order valence-corrected chi connectivity index (χ3v) is 2.38. The molecule has 0 bridgehead atoms. The molecule has 0 radical (unpaired) electrons. The Morgan fingerprint density at radius 3 is 2.47 bits per heavy atom. The summed E-state index contributed by atoms with van der Waals surface area (Å²) in [6, 6.07) is 3.88. The number of aromatic hydroxyl groups is 1. The first-order chi connectivity index (χ1) is 7.08. The molecule has 0 amide bonds. The summed E-state index contributed by atoms with van der Waals surface area (Å²) in [7, 11) is 0. The van der Waals surface area contributed by atoms with E-state index in [1.165, 1.54) is 0 Å². The average Bonchev–Trinajstić information content (AvgIpc) is 2.58. The van der Waals surface area contributed by atoms with Crippen LogP contribution in [0, 0.1) is 20.8 Å². The van der Waals surface area contributed by atoms with Gasteiger partial charge >= 0.3 is 0 Å². The number of phenols is 1. The highest BCUT2D eigenvalue weighted by atomic mass is 16.3. The van der Waals surface area contributed by atoms with Crippen molar-refractivity contribution in [2.45, 2.75) is 20.8 Å². The van der Waals surface area contributed by atoms with Crippen molar-refractivity contribution in [2.24, 2.45) is 0 Å². The maximum absolute atomic E-state index is 9.92. The summed E-state index contributed by atoms with van der Waals surface area (Å²) in [5.74, 6) is 0.295. The number of benzene rings is 1. The molecule has 3 nitrogen and oxygen atoms in total. The highest BCUT2D eigenvalue weighted by Crippen LogP contribution is 2.26. The first-order valence-corrected chi connectivity index (χ1v) is 4.90. The Morgan fingerprint density at radius 1 is 1.13 bits per heavy atom. The molecule has 1 aromatic carbocycles. The molecule has 1 heterocycles. The lowest BCUT2D eigenvalue weighted by Crippen LogP contribution is -1.96. The third kappa shape index (κ3) is 1.73. The standard InChI is InChI=1S/C12H14N2O/c1-8-4-10(3)12(15)11(5-8)14-7-9(2)6-13-14/h4-7,15H,1-3H3. The average molecular weight is 202 g/mol. The van der Waals surface area contributed by atoms with Crippen molar-refractivity contribution in [1.29, 1.82) is 0 Å². The minimum absolute atomic E-state index is 0.295. The summed E-state index contributed by atoms with van der Waals surface area (Å²) >= 11 is 0. The molecule has 0 aliphatic rings. The molecule has 0 spiro atoms. The maximum atomic E-state index is 9.92. The van der Waals surface area contributed by atoms with Crippen LogP contribution in [0.5, 0.6) is 5.75 Å². The summed E-state index contributed by atoms with van der Waals surface area (Å²) in [6.07, 6.45) is 3.67. The molecule has 2 aromatic rings. The fourth-order valence-corrected chi connectivity index (χ4v) is 1.66. The van der Waals surface area contributed by atoms with Gasteiger partial charge in [0.2, 0.25) is 0 Å². The van der Waals surface area contributed by atoms with Crippen molar-refractivity contribution < 1.29 is 5.11 Å². The maximum Gasteiger partial charge on any atom is 0.144 e. The van der Waals surface area contributed by atoms with E-state index >= 15 is 0 Å². The van der Waals surface area contributed by atoms with Gasteiger partial charge in [-0.2, -0.15) is 5.10 Å². The van der Waals surface area contributed by atoms with Gasteiger partial charge in [-0.15, -0.1) is 0 Å². The second-order valence-corrected chi connectivity index (χ2v) is 3.91. The van der Waals surface area contributed by atoms with Crippen LogP contribution in [-0.4, -0.2) is 14.9 Å². The zero-order valence-corrected chi connectivity index (χ0v) is 9.15. The van der Waals surface area contributed by atoms with E-state index in [1.807, 2.05) is 39.1 Å². The molecule has 1 aromatic heterocycles. The monoisotopic (exact) mass is 202 g/mol. The summed E-state index contributed by atoms with van der Waals surface area (Å²) < 4.78 is 1.70. The zero-order valence-electron chi connectivity index (χ0n) is 9.15. The number of nitrogens with zero attached hydrogens (tertiary/aromatic N) is 2. The van der Waals surface area contributed by atoms with Gasteiger partial charge in [0.15, 0.2) is 0 Å². The van der Waals surface area contributed by atoms with Crippen molar-refractivity contribution in [3.05, 3.63) is 41.2 Å². The molecule has 0 fully saturated rings. The van der Waals surface area contributed by atoms with E-state index in [0.29, 0.717) is 5.75 Å². The minimum atomic E-state index is 0.295. The molecule has 2 rings (SSSR count). The van der Waals surface area contributed by atoms with Crippen LogP contribution in [0.3, 0.4) is 0 Å². The van der Waals surface area contributed by atoms with Crippen LogP contribution in [-0.2, 0) is 0 Å². The van der Waals surface area contributed by atoms with Crippen LogP contribution in [0.1, 0.15) is 16.7 Å². The Kier molecular flexibility index (Phi) is 2.23. The zero-order chi connectivity index (χ0) is 11.0. The number of aromatic nitrogens is 2. The van der Waals surface area contributed by atoms with Gasteiger partial charge < -0.3 is 5.11 Å². The minimum Gasteiger partial charge on any atom is -0.505 e. The summed E-state index contributed by atoms with van der Waals surface area (Å²) in [5, 5.41) is 14.1. The van der Waals surface area contributed by atoms with E-state index in [0.717, 1.165) is 22.4 Å². The molecular weight excluding hydrogens is 188 g/mol. The molecule has 0 aliphatic carbocycles. The van der Waals surface area contributed by atoms with Gasteiger partial charge in [0, 0.05) is 6.20 Å². The predicted octanol–water partition coefficient (Wildman–Crippen LogP) is 2.50. The van der Waals surface area contributed by atoms with Crippen molar-refractivity contribution in [1.82, 2.24) is 9.78 Å². The second kappa shape index (κ2) is 3.42. The first-order valence-electron chi connectivity index (χ1n) is 4.90. The molecule has 0 saturated carbocycles. The van der Waals surface area contributed by atoms with Crippen LogP contribution in [0.15, 0.2) is 24.5 Å². The smallest absolute Gasteiger partial charge is 0.144 e. The van der Waals surface area contributed by atoms with Gasteiger partial charge in [-0.05, 0) is 43.5 Å². The molecule has 0 unspecified atom stereocenters. The van der Waals surface area contributed by atoms with Crippen molar-refractivity contribution >= 4 is 0 Å². The molecule has 3 heteroatoms. The Hall–Kier alpha value is -1.77. The lowest BCUT2D eigenvalue weighted by atomic mass is 10.1. The van der Waals surface area contributed by atoms with Crippen LogP contribution in [0.25, 0.3) is 5.69 Å². The van der Waals surface area contributed by atoms with Crippen LogP contribution < -0.4 is 0 Å². The summed E-state index contributed by atoms with van der Waals surface area (Å²) in [6.45, 7) is 5.87. The molecule has 0 atom stereocenters. The molecule has 78 valence electrons. The SMILES string of the molecule is Cc1cc(C)c(O)c(-n2cc(C)cn2)c1. The lowest BCUT2D eigenvalue weighted by molar-refractivity contribution is 0.466. The summed E-state index contributed by atoms with van der Waals surface area (Å²) in [4.78, 5) is 0. The Balaban J connectivity index is 2.62. The quantitative estimate of drug-likeness (QED) is 0.771. The molecule has 15 heavy (non-hydrogen) atoms. The largest absolute Gasteiger partial charge is 0.505 e. The number of hydrogen-bond donors (Lipinski definition) is 1. The van der Waals surface area contributed by atoms with E-state index in [9.17, 15) is 5.11 Å². The normalized spacial score (nSPS) is 10.6. The third-order valence-electron chi connectivity index (χ3n) is 2.38. The van der Waals surface area contributed by atoms with E-state index in [-0.39, 0.29) is 0 Å². The first kappa shape index (κ1) is 9.77. The van der Waals surface area contributed by atoms with Gasteiger partial charge in [0.1, 0.15) is 11.4 Å². The van der Waals surface area contributed by atoms with E-state index in [1.54, 1.807) is 10.9 Å². The van der Waals surface area contributed by atoms with Gasteiger partial charge in [0.25, 0.3) is 0 Å². The molecule has 1 N–H and O–H groups in total. The highest BCUT2D eigenvalue weighted by molar-refractivity contribution is 5.52. The molecule has 0 aliphatic heterocycles. The van der Waals surface area contributed by atoms with E-state index in [4.69, 9.17) is 0 Å². The highest BCUT2D eigenvalue weighted by Gasteiger charge is 2.08. The van der Waals surface area contributed by atoms with Gasteiger partial charge in [-0.25, -0.2) is 4.68 Å². The Bertz CT molecular complexity index is 500. The topological polar surface area (TPSA) is 38.0 Å².